The first-order valence-electron chi connectivity index (χ1n) is 13.0. The molecule has 8 nitrogen and oxygen atoms in total. The van der Waals surface area contributed by atoms with Gasteiger partial charge in [0.2, 0.25) is 0 Å². The molecule has 39 heavy (non-hydrogen) atoms. The zero-order chi connectivity index (χ0) is 27.4. The van der Waals surface area contributed by atoms with Gasteiger partial charge in [-0.15, -0.1) is 0 Å². The van der Waals surface area contributed by atoms with Crippen LogP contribution in [-0.2, 0) is 7.05 Å². The Hall–Kier alpha value is -4.43. The van der Waals surface area contributed by atoms with Gasteiger partial charge in [0.25, 0.3) is 0 Å². The number of ether oxygens (including phenoxy) is 2. The molecule has 0 bridgehead atoms. The summed E-state index contributed by atoms with van der Waals surface area (Å²) < 4.78 is 12.9. The number of hydrogen-bond donors (Lipinski definition) is 1. The van der Waals surface area contributed by atoms with Gasteiger partial charge in [0, 0.05) is 60.9 Å². The fourth-order valence-electron chi connectivity index (χ4n) is 4.63. The summed E-state index contributed by atoms with van der Waals surface area (Å²) in [4.78, 5) is 11.9. The van der Waals surface area contributed by atoms with Crippen molar-refractivity contribution in [3.05, 3.63) is 79.3 Å². The Morgan fingerprint density at radius 2 is 1.67 bits per heavy atom. The second-order valence-electron chi connectivity index (χ2n) is 9.71. The third-order valence-electron chi connectivity index (χ3n) is 6.58. The van der Waals surface area contributed by atoms with Crippen molar-refractivity contribution in [1.29, 1.82) is 0 Å². The first kappa shape index (κ1) is 26.2. The summed E-state index contributed by atoms with van der Waals surface area (Å²) in [6.45, 7) is 5.89. The average molecular weight is 523 g/mol. The summed E-state index contributed by atoms with van der Waals surface area (Å²) in [5, 5.41) is 7.85. The number of anilines is 2. The summed E-state index contributed by atoms with van der Waals surface area (Å²) >= 11 is 0. The van der Waals surface area contributed by atoms with Crippen LogP contribution in [0.5, 0.6) is 11.5 Å². The van der Waals surface area contributed by atoms with Gasteiger partial charge in [-0.05, 0) is 42.0 Å². The molecule has 0 aliphatic carbocycles. The maximum atomic E-state index is 5.57. The molecule has 0 aliphatic rings. The molecule has 0 unspecified atom stereocenters. The molecule has 2 heterocycles. The van der Waals surface area contributed by atoms with E-state index in [1.807, 2.05) is 43.7 Å². The van der Waals surface area contributed by atoms with Gasteiger partial charge < -0.3 is 19.7 Å². The molecule has 0 radical (unpaired) electrons. The lowest BCUT2D eigenvalue weighted by atomic mass is 10.0. The van der Waals surface area contributed by atoms with E-state index in [-0.39, 0.29) is 0 Å². The largest absolute Gasteiger partial charge is 0.497 e. The van der Waals surface area contributed by atoms with Crippen molar-refractivity contribution in [2.75, 3.05) is 32.2 Å². The summed E-state index contributed by atoms with van der Waals surface area (Å²) in [6, 6.07) is 21.0. The molecule has 0 saturated heterocycles. The minimum atomic E-state index is 0.384. The Morgan fingerprint density at radius 1 is 0.897 bits per heavy atom. The van der Waals surface area contributed by atoms with E-state index < -0.39 is 0 Å². The standard InChI is InChI=1S/C31H34N6O2/c1-21(2)32-12-13-37(31-9-7-6-8-27(31)22-14-25(38-4)17-26(15-22)39-5)24-10-11-28-29(16-24)35-30(19-33-28)23-18-34-36(3)20-23/h6-11,14-21,32H,12-13H2,1-5H3. The number of fused-ring (bicyclic) bond motifs is 1. The molecule has 3 aromatic carbocycles. The molecule has 0 amide bonds. The molecular weight excluding hydrogens is 488 g/mol. The minimum Gasteiger partial charge on any atom is -0.497 e. The zero-order valence-electron chi connectivity index (χ0n) is 23.0. The highest BCUT2D eigenvalue weighted by atomic mass is 16.5. The molecule has 8 heteroatoms. The van der Waals surface area contributed by atoms with Crippen LogP contribution in [-0.4, -0.2) is 53.1 Å². The molecule has 5 aromatic rings. The van der Waals surface area contributed by atoms with E-state index in [0.717, 1.165) is 69.4 Å². The van der Waals surface area contributed by atoms with E-state index in [2.05, 4.69) is 70.5 Å². The number of para-hydroxylation sites is 1. The number of methoxy groups -OCH3 is 2. The van der Waals surface area contributed by atoms with Gasteiger partial charge in [0.15, 0.2) is 0 Å². The molecule has 0 atom stereocenters. The highest BCUT2D eigenvalue weighted by molar-refractivity contribution is 5.87. The average Bonchev–Trinajstić information content (AvgIpc) is 3.40. The fraction of sp³-hybridized carbons (Fsp3) is 0.258. The molecule has 0 fully saturated rings. The lowest BCUT2D eigenvalue weighted by molar-refractivity contribution is 0.394. The van der Waals surface area contributed by atoms with Crippen molar-refractivity contribution in [2.45, 2.75) is 19.9 Å². The predicted octanol–water partition coefficient (Wildman–Crippen LogP) is 5.85. The molecule has 200 valence electrons. The number of nitrogens with zero attached hydrogens (tertiary/aromatic N) is 5. The monoisotopic (exact) mass is 522 g/mol. The van der Waals surface area contributed by atoms with Crippen molar-refractivity contribution in [2.24, 2.45) is 7.05 Å². The van der Waals surface area contributed by atoms with Gasteiger partial charge in [-0.1, -0.05) is 32.0 Å². The smallest absolute Gasteiger partial charge is 0.123 e. The van der Waals surface area contributed by atoms with E-state index in [1.165, 1.54) is 0 Å². The van der Waals surface area contributed by atoms with Crippen LogP contribution in [0.15, 0.2) is 79.3 Å². The van der Waals surface area contributed by atoms with Gasteiger partial charge in [-0.25, -0.2) is 4.98 Å². The summed E-state index contributed by atoms with van der Waals surface area (Å²) in [5.41, 5.74) is 7.62. The van der Waals surface area contributed by atoms with Crippen LogP contribution in [0.2, 0.25) is 0 Å². The Balaban J connectivity index is 1.61. The van der Waals surface area contributed by atoms with Gasteiger partial charge in [0.05, 0.1) is 43.3 Å². The highest BCUT2D eigenvalue weighted by Crippen LogP contribution is 2.38. The second-order valence-corrected chi connectivity index (χ2v) is 9.71. The maximum absolute atomic E-state index is 5.57. The molecule has 0 spiro atoms. The van der Waals surface area contributed by atoms with E-state index in [9.17, 15) is 0 Å². The van der Waals surface area contributed by atoms with Crippen LogP contribution in [0.3, 0.4) is 0 Å². The highest BCUT2D eigenvalue weighted by Gasteiger charge is 2.17. The van der Waals surface area contributed by atoms with E-state index in [1.54, 1.807) is 25.1 Å². The molecule has 1 N–H and O–H groups in total. The number of hydrogen-bond acceptors (Lipinski definition) is 7. The number of rotatable bonds is 10. The van der Waals surface area contributed by atoms with Crippen LogP contribution in [0.1, 0.15) is 13.8 Å². The Kier molecular flexibility index (Phi) is 7.74. The molecule has 5 rings (SSSR count). The Labute approximate surface area is 229 Å². The van der Waals surface area contributed by atoms with Gasteiger partial charge in [0.1, 0.15) is 11.5 Å². The lowest BCUT2D eigenvalue weighted by Crippen LogP contribution is -2.32. The molecule has 2 aromatic heterocycles. The van der Waals surface area contributed by atoms with Crippen LogP contribution >= 0.6 is 0 Å². The van der Waals surface area contributed by atoms with Crippen molar-refractivity contribution in [3.63, 3.8) is 0 Å². The third kappa shape index (κ3) is 5.86. The zero-order valence-corrected chi connectivity index (χ0v) is 23.0. The molecular formula is C31H34N6O2. The van der Waals surface area contributed by atoms with E-state index in [4.69, 9.17) is 14.5 Å². The fourth-order valence-corrected chi connectivity index (χ4v) is 4.63. The predicted molar refractivity (Wildman–Crippen MR) is 157 cm³/mol. The quantitative estimate of drug-likeness (QED) is 0.246. The number of aromatic nitrogens is 4. The van der Waals surface area contributed by atoms with Crippen molar-refractivity contribution < 1.29 is 9.47 Å². The number of benzene rings is 3. The van der Waals surface area contributed by atoms with E-state index in [0.29, 0.717) is 6.04 Å². The maximum Gasteiger partial charge on any atom is 0.123 e. The summed E-state index contributed by atoms with van der Waals surface area (Å²) in [6.07, 6.45) is 5.55. The SMILES string of the molecule is COc1cc(OC)cc(-c2ccccc2N(CCNC(C)C)c2ccc3ncc(-c4cnn(C)c4)nc3c2)c1. The van der Waals surface area contributed by atoms with Gasteiger partial charge in [-0.3, -0.25) is 9.67 Å². The van der Waals surface area contributed by atoms with E-state index >= 15 is 0 Å². The lowest BCUT2D eigenvalue weighted by Gasteiger charge is -2.28. The van der Waals surface area contributed by atoms with Gasteiger partial charge >= 0.3 is 0 Å². The topological polar surface area (TPSA) is 77.3 Å². The first-order valence-corrected chi connectivity index (χ1v) is 13.0. The normalized spacial score (nSPS) is 11.2. The molecule has 0 saturated carbocycles. The second kappa shape index (κ2) is 11.5. The summed E-state index contributed by atoms with van der Waals surface area (Å²) in [7, 11) is 5.24. The minimum absolute atomic E-state index is 0.384. The summed E-state index contributed by atoms with van der Waals surface area (Å²) in [5.74, 6) is 1.49. The Morgan fingerprint density at radius 3 is 2.36 bits per heavy atom. The Bertz CT molecular complexity index is 1560. The third-order valence-corrected chi connectivity index (χ3v) is 6.58. The number of aryl methyl sites for hydroxylation is 1. The van der Waals surface area contributed by atoms with Crippen LogP contribution < -0.4 is 19.7 Å². The van der Waals surface area contributed by atoms with Gasteiger partial charge in [-0.2, -0.15) is 5.10 Å². The molecule has 0 aliphatic heterocycles. The van der Waals surface area contributed by atoms with Crippen LogP contribution in [0.25, 0.3) is 33.4 Å². The van der Waals surface area contributed by atoms with Crippen molar-refractivity contribution >= 4 is 22.4 Å². The van der Waals surface area contributed by atoms with Crippen molar-refractivity contribution in [1.82, 2.24) is 25.1 Å². The first-order chi connectivity index (χ1) is 18.9. The van der Waals surface area contributed by atoms with Crippen LogP contribution in [0, 0.1) is 0 Å². The van der Waals surface area contributed by atoms with Crippen molar-refractivity contribution in [3.8, 4) is 33.9 Å². The number of nitrogens with one attached hydrogen (secondary N) is 1. The van der Waals surface area contributed by atoms with Crippen LogP contribution in [0.4, 0.5) is 11.4 Å².